The van der Waals surface area contributed by atoms with Crippen molar-refractivity contribution in [3.8, 4) is 11.5 Å². The molecule has 1 aliphatic rings. The van der Waals surface area contributed by atoms with Gasteiger partial charge in [-0.3, -0.25) is 0 Å². The minimum atomic E-state index is -3.90. The van der Waals surface area contributed by atoms with Gasteiger partial charge in [-0.25, -0.2) is 13.2 Å². The highest BCUT2D eigenvalue weighted by molar-refractivity contribution is 9.10. The number of fused-ring (bicyclic) bond motifs is 1. The van der Waals surface area contributed by atoms with Crippen LogP contribution in [-0.4, -0.2) is 74.8 Å². The van der Waals surface area contributed by atoms with Crippen LogP contribution in [0.15, 0.2) is 51.8 Å². The molecule has 2 aromatic rings. The van der Waals surface area contributed by atoms with Crippen LogP contribution in [0.1, 0.15) is 13.8 Å². The van der Waals surface area contributed by atoms with Gasteiger partial charge in [-0.1, -0.05) is 28.9 Å². The van der Waals surface area contributed by atoms with Gasteiger partial charge in [0.25, 0.3) is 0 Å². The summed E-state index contributed by atoms with van der Waals surface area (Å²) in [5, 5.41) is 12.5. The van der Waals surface area contributed by atoms with E-state index >= 15 is 0 Å². The van der Waals surface area contributed by atoms with Crippen LogP contribution in [0.2, 0.25) is 0 Å². The zero-order valence-corrected chi connectivity index (χ0v) is 22.0. The molecule has 3 atom stereocenters. The fraction of sp³-hybridized carbons (Fsp3) is 0.435. The minimum Gasteiger partial charge on any atom is -0.497 e. The highest BCUT2D eigenvalue weighted by Gasteiger charge is 2.38. The van der Waals surface area contributed by atoms with Gasteiger partial charge in [0.2, 0.25) is 10.0 Å². The summed E-state index contributed by atoms with van der Waals surface area (Å²) in [5.41, 5.74) is 0.589. The number of aliphatic hydroxyl groups is 1. The van der Waals surface area contributed by atoms with E-state index in [-0.39, 0.29) is 42.3 Å². The van der Waals surface area contributed by atoms with Gasteiger partial charge in [0, 0.05) is 41.8 Å². The molecule has 11 heteroatoms. The van der Waals surface area contributed by atoms with Crippen molar-refractivity contribution in [1.82, 2.24) is 9.21 Å². The third-order valence-corrected chi connectivity index (χ3v) is 8.26. The first-order chi connectivity index (χ1) is 16.1. The van der Waals surface area contributed by atoms with E-state index < -0.39 is 22.2 Å². The predicted molar refractivity (Wildman–Crippen MR) is 133 cm³/mol. The number of hydrogen-bond acceptors (Lipinski definition) is 6. The molecule has 0 unspecified atom stereocenters. The number of halogens is 1. The first-order valence-electron chi connectivity index (χ1n) is 10.8. The van der Waals surface area contributed by atoms with Gasteiger partial charge in [-0.05, 0) is 37.3 Å². The molecule has 2 aromatic carbocycles. The molecule has 1 aliphatic heterocycles. The molecule has 0 saturated heterocycles. The summed E-state index contributed by atoms with van der Waals surface area (Å²) >= 11 is 3.38. The fourth-order valence-electron chi connectivity index (χ4n) is 3.69. The number of ether oxygens (including phenoxy) is 2. The van der Waals surface area contributed by atoms with Crippen LogP contribution in [0.3, 0.4) is 0 Å². The number of hydrogen-bond donors (Lipinski definition) is 2. The topological polar surface area (TPSA) is 108 Å². The lowest BCUT2D eigenvalue weighted by atomic mass is 10.0. The molecule has 0 spiro atoms. The number of sulfonamides is 1. The van der Waals surface area contributed by atoms with E-state index in [1.807, 2.05) is 6.92 Å². The molecule has 9 nitrogen and oxygen atoms in total. The molecule has 2 N–H and O–H groups in total. The summed E-state index contributed by atoms with van der Waals surface area (Å²) in [6.07, 6.45) is -0.502. The third kappa shape index (κ3) is 5.83. The largest absolute Gasteiger partial charge is 0.497 e. The Labute approximate surface area is 208 Å². The number of nitrogens with zero attached hydrogens (tertiary/aromatic N) is 2. The van der Waals surface area contributed by atoms with Gasteiger partial charge in [-0.15, -0.1) is 0 Å². The second kappa shape index (κ2) is 10.9. The van der Waals surface area contributed by atoms with E-state index in [9.17, 15) is 18.3 Å². The third-order valence-electron chi connectivity index (χ3n) is 5.75. The van der Waals surface area contributed by atoms with Crippen molar-refractivity contribution in [3.05, 3.63) is 46.9 Å². The minimum absolute atomic E-state index is 0.0244. The maximum atomic E-state index is 13.4. The summed E-state index contributed by atoms with van der Waals surface area (Å²) in [4.78, 5) is 14.4. The lowest BCUT2D eigenvalue weighted by Crippen LogP contribution is -2.50. The molecule has 0 saturated carbocycles. The van der Waals surface area contributed by atoms with E-state index in [1.54, 1.807) is 57.5 Å². The van der Waals surface area contributed by atoms with Crippen LogP contribution in [0.25, 0.3) is 0 Å². The molecule has 0 radical (unpaired) electrons. The maximum Gasteiger partial charge on any atom is 0.321 e. The molecule has 0 fully saturated rings. The number of rotatable bonds is 6. The maximum absolute atomic E-state index is 13.4. The Morgan fingerprint density at radius 2 is 2.09 bits per heavy atom. The Morgan fingerprint density at radius 3 is 2.76 bits per heavy atom. The number of aliphatic hydroxyl groups excluding tert-OH is 1. The van der Waals surface area contributed by atoms with E-state index in [1.165, 1.54) is 15.3 Å². The molecule has 186 valence electrons. The van der Waals surface area contributed by atoms with Gasteiger partial charge < -0.3 is 24.8 Å². The number of anilines is 1. The van der Waals surface area contributed by atoms with E-state index in [0.29, 0.717) is 15.9 Å². The number of benzene rings is 2. The average Bonchev–Trinajstić information content (AvgIpc) is 2.80. The van der Waals surface area contributed by atoms with Crippen molar-refractivity contribution in [1.29, 1.82) is 0 Å². The molecule has 34 heavy (non-hydrogen) atoms. The van der Waals surface area contributed by atoms with Crippen molar-refractivity contribution < 1.29 is 27.8 Å². The molecule has 0 bridgehead atoms. The van der Waals surface area contributed by atoms with Gasteiger partial charge >= 0.3 is 6.03 Å². The van der Waals surface area contributed by atoms with Gasteiger partial charge in [0.15, 0.2) is 0 Å². The molecule has 0 aromatic heterocycles. The number of methoxy groups -OCH3 is 1. The second-order valence-corrected chi connectivity index (χ2v) is 11.1. The Hall–Kier alpha value is -2.34. The van der Waals surface area contributed by atoms with Crippen LogP contribution >= 0.6 is 15.9 Å². The lowest BCUT2D eigenvalue weighted by Gasteiger charge is -2.37. The first kappa shape index (κ1) is 26.3. The number of carbonyl (C=O) groups is 1. The Morgan fingerprint density at radius 1 is 1.35 bits per heavy atom. The van der Waals surface area contributed by atoms with Crippen molar-refractivity contribution in [2.75, 3.05) is 39.2 Å². The Balaban J connectivity index is 1.87. The summed E-state index contributed by atoms with van der Waals surface area (Å²) in [6.45, 7) is 3.56. The second-order valence-electron chi connectivity index (χ2n) is 8.37. The quantitative estimate of drug-likeness (QED) is 0.565. The molecule has 1 heterocycles. The van der Waals surface area contributed by atoms with Crippen molar-refractivity contribution in [2.24, 2.45) is 5.92 Å². The van der Waals surface area contributed by atoms with Gasteiger partial charge in [0.05, 0.1) is 20.3 Å². The van der Waals surface area contributed by atoms with Crippen LogP contribution < -0.4 is 14.8 Å². The lowest BCUT2D eigenvalue weighted by molar-refractivity contribution is 0.0829. The molecular formula is C23H30BrN3O6S. The number of amides is 2. The number of nitrogens with one attached hydrogen (secondary N) is 1. The summed E-state index contributed by atoms with van der Waals surface area (Å²) < 4.78 is 40.1. The van der Waals surface area contributed by atoms with E-state index in [2.05, 4.69) is 21.2 Å². The van der Waals surface area contributed by atoms with Gasteiger partial charge in [-0.2, -0.15) is 4.31 Å². The smallest absolute Gasteiger partial charge is 0.321 e. The van der Waals surface area contributed by atoms with Crippen LogP contribution in [-0.2, 0) is 10.0 Å². The van der Waals surface area contributed by atoms with Crippen molar-refractivity contribution in [3.63, 3.8) is 0 Å². The zero-order chi connectivity index (χ0) is 25.0. The van der Waals surface area contributed by atoms with Crippen LogP contribution in [0.5, 0.6) is 11.5 Å². The van der Waals surface area contributed by atoms with Crippen LogP contribution in [0.4, 0.5) is 10.5 Å². The SMILES string of the molecule is COc1cccc(NC(=O)N(C)C[C@H]2Oc3cc(Br)ccc3S(=O)(=O)N([C@H](C)CO)C[C@H]2C)c1. The molecule has 0 aliphatic carbocycles. The molecule has 2 amide bonds. The average molecular weight is 556 g/mol. The number of carbonyl (C=O) groups excluding carboxylic acids is 1. The Bertz CT molecular complexity index is 1130. The van der Waals surface area contributed by atoms with Crippen molar-refractivity contribution >= 4 is 37.7 Å². The number of urea groups is 1. The van der Waals surface area contributed by atoms with E-state index in [4.69, 9.17) is 9.47 Å². The normalized spacial score (nSPS) is 20.8. The fourth-order valence-corrected chi connectivity index (χ4v) is 5.86. The van der Waals surface area contributed by atoms with E-state index in [0.717, 1.165) is 0 Å². The van der Waals surface area contributed by atoms with Gasteiger partial charge in [0.1, 0.15) is 22.5 Å². The standard InChI is InChI=1S/C23H30BrN3O6S/c1-15-12-27(16(2)14-28)34(30,31)22-9-8-17(24)10-20(22)33-21(15)13-26(3)23(29)25-18-6-5-7-19(11-18)32-4/h5-11,15-16,21,28H,12-14H2,1-4H3,(H,25,29)/t15-,16-,21-/m1/s1. The predicted octanol–water partition coefficient (Wildman–Crippen LogP) is 3.39. The number of likely N-dealkylation sites (N-methyl/N-ethyl adjacent to an activating group) is 1. The zero-order valence-electron chi connectivity index (χ0n) is 19.6. The van der Waals surface area contributed by atoms with Crippen molar-refractivity contribution in [2.45, 2.75) is 30.9 Å². The monoisotopic (exact) mass is 555 g/mol. The highest BCUT2D eigenvalue weighted by Crippen LogP contribution is 2.35. The molecule has 3 rings (SSSR count). The first-order valence-corrected chi connectivity index (χ1v) is 13.0. The summed E-state index contributed by atoms with van der Waals surface area (Å²) in [5.74, 6) is 0.546. The highest BCUT2D eigenvalue weighted by atomic mass is 79.9. The molecular weight excluding hydrogens is 526 g/mol. The summed E-state index contributed by atoms with van der Waals surface area (Å²) in [7, 11) is -0.693. The van der Waals surface area contributed by atoms with Crippen LogP contribution in [0, 0.1) is 5.92 Å². The Kier molecular flexibility index (Phi) is 8.45. The summed E-state index contributed by atoms with van der Waals surface area (Å²) in [6, 6.07) is 10.8.